The van der Waals surface area contributed by atoms with E-state index < -0.39 is 6.04 Å². The van der Waals surface area contributed by atoms with Crippen molar-refractivity contribution < 1.29 is 4.79 Å². The Labute approximate surface area is 119 Å². The Kier molecular flexibility index (Phi) is 4.48. The van der Waals surface area contributed by atoms with E-state index >= 15 is 0 Å². The van der Waals surface area contributed by atoms with Crippen molar-refractivity contribution >= 4 is 11.6 Å². The first-order valence-electron chi connectivity index (χ1n) is 6.57. The van der Waals surface area contributed by atoms with Crippen molar-refractivity contribution in [2.24, 2.45) is 5.73 Å². The molecule has 1 aromatic carbocycles. The van der Waals surface area contributed by atoms with Crippen LogP contribution in [0.2, 0.25) is 0 Å². The second kappa shape index (κ2) is 6.30. The highest BCUT2D eigenvalue weighted by Crippen LogP contribution is 2.13. The maximum absolute atomic E-state index is 12.3. The lowest BCUT2D eigenvalue weighted by atomic mass is 10.1. The Bertz CT molecular complexity index is 566. The molecule has 0 unspecified atom stereocenters. The van der Waals surface area contributed by atoms with Crippen molar-refractivity contribution in [3.8, 4) is 0 Å². The third-order valence-corrected chi connectivity index (χ3v) is 3.23. The molecule has 0 aliphatic carbocycles. The molecule has 0 spiro atoms. The number of nitrogens with two attached hydrogens (primary N) is 1. The summed E-state index contributed by atoms with van der Waals surface area (Å²) in [4.78, 5) is 18.1. The third kappa shape index (κ3) is 3.42. The molecule has 0 aliphatic rings. The Hall–Kier alpha value is -2.20. The maximum atomic E-state index is 12.3. The van der Waals surface area contributed by atoms with Crippen molar-refractivity contribution in [2.45, 2.75) is 19.4 Å². The first kappa shape index (κ1) is 14.2. The molecule has 2 rings (SSSR count). The summed E-state index contributed by atoms with van der Waals surface area (Å²) in [6.07, 6.45) is 2.21. The van der Waals surface area contributed by atoms with Crippen molar-refractivity contribution in [2.75, 3.05) is 11.9 Å². The molecule has 0 saturated heterocycles. The molecular weight excluding hydrogens is 250 g/mol. The van der Waals surface area contributed by atoms with Gasteiger partial charge < -0.3 is 10.6 Å². The molecule has 1 amide bonds. The van der Waals surface area contributed by atoms with Gasteiger partial charge in [-0.3, -0.25) is 9.78 Å². The van der Waals surface area contributed by atoms with E-state index in [9.17, 15) is 4.79 Å². The van der Waals surface area contributed by atoms with Crippen LogP contribution in [0.25, 0.3) is 0 Å². The molecule has 0 radical (unpaired) electrons. The van der Waals surface area contributed by atoms with Crippen molar-refractivity contribution in [1.82, 2.24) is 4.98 Å². The molecule has 4 heteroatoms. The Morgan fingerprint density at radius 3 is 2.55 bits per heavy atom. The number of anilines is 1. The van der Waals surface area contributed by atoms with E-state index in [1.54, 1.807) is 18.1 Å². The second-order valence-electron chi connectivity index (χ2n) is 4.85. The van der Waals surface area contributed by atoms with Crippen molar-refractivity contribution in [3.05, 3.63) is 59.9 Å². The van der Waals surface area contributed by atoms with Gasteiger partial charge in [-0.25, -0.2) is 0 Å². The lowest BCUT2D eigenvalue weighted by Gasteiger charge is -2.21. The first-order chi connectivity index (χ1) is 9.58. The van der Waals surface area contributed by atoms with Gasteiger partial charge in [-0.15, -0.1) is 0 Å². The number of likely N-dealkylation sites (N-methyl/N-ethyl adjacent to an activating group) is 1. The highest BCUT2D eigenvalue weighted by atomic mass is 16.2. The number of nitrogens with zero attached hydrogens (tertiary/aromatic N) is 2. The summed E-state index contributed by atoms with van der Waals surface area (Å²) >= 11 is 0. The van der Waals surface area contributed by atoms with Crippen molar-refractivity contribution in [3.63, 3.8) is 0 Å². The van der Waals surface area contributed by atoms with Crippen LogP contribution in [0.4, 0.5) is 5.69 Å². The highest BCUT2D eigenvalue weighted by molar-refractivity contribution is 5.96. The van der Waals surface area contributed by atoms with Gasteiger partial charge in [-0.1, -0.05) is 30.3 Å². The van der Waals surface area contributed by atoms with Gasteiger partial charge in [0.1, 0.15) is 0 Å². The standard InChI is InChI=1S/C16H19N3O/c1-12-8-9-14(11-18-12)19(2)16(20)15(17)10-13-6-4-3-5-7-13/h3-9,11,15H,10,17H2,1-2H3/t15-/m1/s1. The van der Waals surface area contributed by atoms with Crippen LogP contribution in [0.5, 0.6) is 0 Å². The minimum absolute atomic E-state index is 0.112. The zero-order valence-electron chi connectivity index (χ0n) is 11.8. The number of aryl methyl sites for hydroxylation is 1. The fourth-order valence-electron chi connectivity index (χ4n) is 1.99. The molecule has 1 heterocycles. The van der Waals surface area contributed by atoms with E-state index in [4.69, 9.17) is 5.73 Å². The molecule has 1 aromatic heterocycles. The van der Waals surface area contributed by atoms with E-state index in [2.05, 4.69) is 4.98 Å². The number of rotatable bonds is 4. The predicted molar refractivity (Wildman–Crippen MR) is 80.5 cm³/mol. The van der Waals surface area contributed by atoms with Gasteiger partial charge in [0.25, 0.3) is 0 Å². The highest BCUT2D eigenvalue weighted by Gasteiger charge is 2.19. The van der Waals surface area contributed by atoms with Crippen LogP contribution in [0.15, 0.2) is 48.7 Å². The molecule has 20 heavy (non-hydrogen) atoms. The number of carbonyl (C=O) groups excluding carboxylic acids is 1. The summed E-state index contributed by atoms with van der Waals surface area (Å²) < 4.78 is 0. The monoisotopic (exact) mass is 269 g/mol. The predicted octanol–water partition coefficient (Wildman–Crippen LogP) is 1.92. The molecular formula is C16H19N3O. The van der Waals surface area contributed by atoms with E-state index in [-0.39, 0.29) is 5.91 Å². The Morgan fingerprint density at radius 2 is 1.95 bits per heavy atom. The zero-order valence-corrected chi connectivity index (χ0v) is 11.8. The van der Waals surface area contributed by atoms with Gasteiger partial charge in [0, 0.05) is 12.7 Å². The summed E-state index contributed by atoms with van der Waals surface area (Å²) in [5.74, 6) is -0.112. The van der Waals surface area contributed by atoms with Crippen LogP contribution in [0.3, 0.4) is 0 Å². The summed E-state index contributed by atoms with van der Waals surface area (Å²) in [5, 5.41) is 0. The number of pyridine rings is 1. The maximum Gasteiger partial charge on any atom is 0.244 e. The summed E-state index contributed by atoms with van der Waals surface area (Å²) in [5.41, 5.74) is 8.74. The smallest absolute Gasteiger partial charge is 0.244 e. The molecule has 0 aliphatic heterocycles. The van der Waals surface area contributed by atoms with E-state index in [1.165, 1.54) is 0 Å². The van der Waals surface area contributed by atoms with Gasteiger partial charge in [0.05, 0.1) is 17.9 Å². The number of carbonyl (C=O) groups is 1. The summed E-state index contributed by atoms with van der Waals surface area (Å²) in [7, 11) is 1.72. The average Bonchev–Trinajstić information content (AvgIpc) is 2.47. The molecule has 104 valence electrons. The number of benzene rings is 1. The van der Waals surface area contributed by atoms with Gasteiger partial charge in [0.15, 0.2) is 0 Å². The van der Waals surface area contributed by atoms with Crippen molar-refractivity contribution in [1.29, 1.82) is 0 Å². The van der Waals surface area contributed by atoms with E-state index in [1.807, 2.05) is 49.4 Å². The lowest BCUT2D eigenvalue weighted by Crippen LogP contribution is -2.43. The number of hydrogen-bond acceptors (Lipinski definition) is 3. The molecule has 0 saturated carbocycles. The number of hydrogen-bond donors (Lipinski definition) is 1. The lowest BCUT2D eigenvalue weighted by molar-refractivity contribution is -0.119. The Balaban J connectivity index is 2.04. The van der Waals surface area contributed by atoms with Gasteiger partial charge in [-0.05, 0) is 31.0 Å². The zero-order chi connectivity index (χ0) is 14.5. The fraction of sp³-hybridized carbons (Fsp3) is 0.250. The Morgan fingerprint density at radius 1 is 1.25 bits per heavy atom. The van der Waals surface area contributed by atoms with Crippen LogP contribution < -0.4 is 10.6 Å². The van der Waals surface area contributed by atoms with Gasteiger partial charge >= 0.3 is 0 Å². The minimum Gasteiger partial charge on any atom is -0.320 e. The van der Waals surface area contributed by atoms with E-state index in [0.717, 1.165) is 16.9 Å². The molecule has 1 atom stereocenters. The van der Waals surface area contributed by atoms with Crippen LogP contribution in [0, 0.1) is 6.92 Å². The molecule has 2 aromatic rings. The largest absolute Gasteiger partial charge is 0.320 e. The number of amides is 1. The van der Waals surface area contributed by atoms with Crippen LogP contribution >= 0.6 is 0 Å². The normalized spacial score (nSPS) is 11.9. The molecule has 0 fully saturated rings. The third-order valence-electron chi connectivity index (χ3n) is 3.23. The quantitative estimate of drug-likeness (QED) is 0.922. The van der Waals surface area contributed by atoms with Gasteiger partial charge in [-0.2, -0.15) is 0 Å². The first-order valence-corrected chi connectivity index (χ1v) is 6.57. The fourth-order valence-corrected chi connectivity index (χ4v) is 1.99. The molecule has 0 bridgehead atoms. The SMILES string of the molecule is Cc1ccc(N(C)C(=O)[C@H](N)Cc2ccccc2)cn1. The minimum atomic E-state index is -0.552. The van der Waals surface area contributed by atoms with E-state index in [0.29, 0.717) is 6.42 Å². The topological polar surface area (TPSA) is 59.2 Å². The number of aromatic nitrogens is 1. The second-order valence-corrected chi connectivity index (χ2v) is 4.85. The molecule has 2 N–H and O–H groups in total. The van der Waals surface area contributed by atoms with Crippen LogP contribution in [-0.4, -0.2) is 24.0 Å². The average molecular weight is 269 g/mol. The molecule has 4 nitrogen and oxygen atoms in total. The van der Waals surface area contributed by atoms with Gasteiger partial charge in [0.2, 0.25) is 5.91 Å². The summed E-state index contributed by atoms with van der Waals surface area (Å²) in [6, 6.07) is 13.0. The van der Waals surface area contributed by atoms with Crippen LogP contribution in [0.1, 0.15) is 11.3 Å². The van der Waals surface area contributed by atoms with Crippen LogP contribution in [-0.2, 0) is 11.2 Å². The summed E-state index contributed by atoms with van der Waals surface area (Å²) in [6.45, 7) is 1.91.